The van der Waals surface area contributed by atoms with Gasteiger partial charge < -0.3 is 15.2 Å². The number of aryl methyl sites for hydroxylation is 1. The Hall–Kier alpha value is -1.88. The van der Waals surface area contributed by atoms with E-state index in [-0.39, 0.29) is 18.4 Å². The van der Waals surface area contributed by atoms with Gasteiger partial charge in [0, 0.05) is 18.7 Å². The maximum atomic E-state index is 11.9. The van der Waals surface area contributed by atoms with Crippen LogP contribution < -0.4 is 5.32 Å². The van der Waals surface area contributed by atoms with E-state index < -0.39 is 5.97 Å². The lowest BCUT2D eigenvalue weighted by molar-refractivity contribution is -0.137. The molecule has 5 nitrogen and oxygen atoms in total. The van der Waals surface area contributed by atoms with Crippen LogP contribution in [0.25, 0.3) is 0 Å². The molecule has 1 unspecified atom stereocenters. The number of aliphatic carboxylic acids is 1. The fraction of sp³-hybridized carbons (Fsp3) is 0.429. The van der Waals surface area contributed by atoms with Gasteiger partial charge in [-0.15, -0.1) is 0 Å². The largest absolute Gasteiger partial charge is 0.481 e. The predicted octanol–water partition coefficient (Wildman–Crippen LogP) is 1.82. The number of benzene rings is 1. The summed E-state index contributed by atoms with van der Waals surface area (Å²) >= 11 is 0. The van der Waals surface area contributed by atoms with Crippen molar-refractivity contribution < 1.29 is 19.4 Å². The number of anilines is 1. The molecule has 0 radical (unpaired) electrons. The van der Waals surface area contributed by atoms with Crippen molar-refractivity contribution >= 4 is 17.6 Å². The number of hydrogen-bond donors (Lipinski definition) is 2. The molecule has 1 atom stereocenters. The molecule has 2 N–H and O–H groups in total. The molecule has 0 saturated carbocycles. The highest BCUT2D eigenvalue weighted by Crippen LogP contribution is 2.16. The Bertz CT molecular complexity index is 466. The Morgan fingerprint density at radius 1 is 1.42 bits per heavy atom. The van der Waals surface area contributed by atoms with Crippen LogP contribution in [0.2, 0.25) is 0 Å². The zero-order valence-corrected chi connectivity index (χ0v) is 10.6. The van der Waals surface area contributed by atoms with Gasteiger partial charge in [0.25, 0.3) is 5.91 Å². The maximum absolute atomic E-state index is 11.9. The number of carboxylic acid groups (broad SMARTS) is 1. The third-order valence-corrected chi connectivity index (χ3v) is 3.04. The van der Waals surface area contributed by atoms with Crippen molar-refractivity contribution in [2.24, 2.45) is 0 Å². The third-order valence-electron chi connectivity index (χ3n) is 3.04. The van der Waals surface area contributed by atoms with Crippen molar-refractivity contribution in [1.29, 1.82) is 0 Å². The van der Waals surface area contributed by atoms with Gasteiger partial charge in [0.1, 0.15) is 6.10 Å². The second kappa shape index (κ2) is 6.33. The van der Waals surface area contributed by atoms with Gasteiger partial charge in [-0.1, -0.05) is 12.1 Å². The summed E-state index contributed by atoms with van der Waals surface area (Å²) in [6.07, 6.45) is 1.85. The molecule has 5 heteroatoms. The molecule has 1 amide bonds. The summed E-state index contributed by atoms with van der Waals surface area (Å²) in [5, 5.41) is 11.4. The summed E-state index contributed by atoms with van der Waals surface area (Å²) in [7, 11) is 0. The van der Waals surface area contributed by atoms with Crippen LogP contribution in [0.4, 0.5) is 5.69 Å². The van der Waals surface area contributed by atoms with Crippen LogP contribution in [0.3, 0.4) is 0 Å². The van der Waals surface area contributed by atoms with E-state index in [4.69, 9.17) is 9.84 Å². The van der Waals surface area contributed by atoms with Gasteiger partial charge in [-0.3, -0.25) is 9.59 Å². The Labute approximate surface area is 111 Å². The van der Waals surface area contributed by atoms with E-state index in [1.807, 2.05) is 12.1 Å². The van der Waals surface area contributed by atoms with E-state index in [1.54, 1.807) is 12.1 Å². The molecule has 102 valence electrons. The van der Waals surface area contributed by atoms with Crippen LogP contribution in [0.15, 0.2) is 24.3 Å². The lowest BCUT2D eigenvalue weighted by atomic mass is 10.1. The molecule has 1 aromatic rings. The lowest BCUT2D eigenvalue weighted by Crippen LogP contribution is -2.26. The van der Waals surface area contributed by atoms with E-state index in [2.05, 4.69) is 5.32 Å². The maximum Gasteiger partial charge on any atom is 0.303 e. The molecular formula is C14H17NO4. The topological polar surface area (TPSA) is 75.6 Å². The van der Waals surface area contributed by atoms with Crippen molar-refractivity contribution in [2.45, 2.75) is 31.8 Å². The SMILES string of the molecule is O=C(O)CCc1cccc(NC(=O)C2CCCO2)c1. The van der Waals surface area contributed by atoms with Gasteiger partial charge in [0.05, 0.1) is 0 Å². The van der Waals surface area contributed by atoms with Crippen molar-refractivity contribution in [3.05, 3.63) is 29.8 Å². The van der Waals surface area contributed by atoms with Gasteiger partial charge in [0.2, 0.25) is 0 Å². The number of carbonyl (C=O) groups excluding carboxylic acids is 1. The van der Waals surface area contributed by atoms with Crippen LogP contribution >= 0.6 is 0 Å². The zero-order valence-electron chi connectivity index (χ0n) is 10.6. The minimum Gasteiger partial charge on any atom is -0.481 e. The fourth-order valence-corrected chi connectivity index (χ4v) is 2.06. The molecule has 0 aliphatic carbocycles. The molecule has 1 aliphatic heterocycles. The summed E-state index contributed by atoms with van der Waals surface area (Å²) in [5.74, 6) is -0.957. The van der Waals surface area contributed by atoms with E-state index in [1.165, 1.54) is 0 Å². The average molecular weight is 263 g/mol. The summed E-state index contributed by atoms with van der Waals surface area (Å²) < 4.78 is 5.31. The van der Waals surface area contributed by atoms with Gasteiger partial charge >= 0.3 is 5.97 Å². The number of ether oxygens (including phenoxy) is 1. The quantitative estimate of drug-likeness (QED) is 0.849. The number of hydrogen-bond acceptors (Lipinski definition) is 3. The number of nitrogens with one attached hydrogen (secondary N) is 1. The average Bonchev–Trinajstić information content (AvgIpc) is 2.91. The van der Waals surface area contributed by atoms with Crippen LogP contribution in [0.5, 0.6) is 0 Å². The minimum atomic E-state index is -0.825. The first-order valence-corrected chi connectivity index (χ1v) is 6.38. The van der Waals surface area contributed by atoms with Crippen molar-refractivity contribution in [3.8, 4) is 0 Å². The first kappa shape index (κ1) is 13.5. The molecule has 0 spiro atoms. The summed E-state index contributed by atoms with van der Waals surface area (Å²) in [6, 6.07) is 7.25. The summed E-state index contributed by atoms with van der Waals surface area (Å²) in [6.45, 7) is 0.636. The molecule has 1 saturated heterocycles. The Balaban J connectivity index is 1.94. The van der Waals surface area contributed by atoms with E-state index in [0.717, 1.165) is 18.4 Å². The second-order valence-electron chi connectivity index (χ2n) is 4.59. The van der Waals surface area contributed by atoms with Crippen molar-refractivity contribution in [3.63, 3.8) is 0 Å². The first-order chi connectivity index (χ1) is 9.15. The number of carbonyl (C=O) groups is 2. The van der Waals surface area contributed by atoms with Gasteiger partial charge in [0.15, 0.2) is 0 Å². The van der Waals surface area contributed by atoms with Crippen molar-refractivity contribution in [2.75, 3.05) is 11.9 Å². The van der Waals surface area contributed by atoms with Crippen LogP contribution in [0, 0.1) is 0 Å². The summed E-state index contributed by atoms with van der Waals surface area (Å²) in [4.78, 5) is 22.4. The van der Waals surface area contributed by atoms with Gasteiger partial charge in [-0.05, 0) is 37.0 Å². The first-order valence-electron chi connectivity index (χ1n) is 6.38. The molecular weight excluding hydrogens is 246 g/mol. The fourth-order valence-electron chi connectivity index (χ4n) is 2.06. The molecule has 2 rings (SSSR count). The monoisotopic (exact) mass is 263 g/mol. The Morgan fingerprint density at radius 3 is 2.95 bits per heavy atom. The Morgan fingerprint density at radius 2 is 2.26 bits per heavy atom. The molecule has 0 bridgehead atoms. The van der Waals surface area contributed by atoms with E-state index in [9.17, 15) is 9.59 Å². The van der Waals surface area contributed by atoms with Crippen LogP contribution in [-0.2, 0) is 20.7 Å². The highest BCUT2D eigenvalue weighted by atomic mass is 16.5. The van der Waals surface area contributed by atoms with E-state index in [0.29, 0.717) is 18.7 Å². The zero-order chi connectivity index (χ0) is 13.7. The van der Waals surface area contributed by atoms with Gasteiger partial charge in [-0.2, -0.15) is 0 Å². The Kier molecular flexibility index (Phi) is 4.52. The molecule has 1 fully saturated rings. The molecule has 1 heterocycles. The number of rotatable bonds is 5. The normalized spacial score (nSPS) is 18.2. The number of amides is 1. The lowest BCUT2D eigenvalue weighted by Gasteiger charge is -2.11. The molecule has 19 heavy (non-hydrogen) atoms. The molecule has 1 aromatic carbocycles. The third kappa shape index (κ3) is 4.06. The standard InChI is InChI=1S/C14H17NO4/c16-13(17)7-6-10-3-1-4-11(9-10)15-14(18)12-5-2-8-19-12/h1,3-4,9,12H,2,5-8H2,(H,15,18)(H,16,17). The van der Waals surface area contributed by atoms with E-state index >= 15 is 0 Å². The van der Waals surface area contributed by atoms with Crippen LogP contribution in [-0.4, -0.2) is 29.7 Å². The minimum absolute atomic E-state index is 0.0864. The van der Waals surface area contributed by atoms with Crippen LogP contribution in [0.1, 0.15) is 24.8 Å². The number of carboxylic acids is 1. The smallest absolute Gasteiger partial charge is 0.303 e. The summed E-state index contributed by atoms with van der Waals surface area (Å²) in [5.41, 5.74) is 1.58. The molecule has 0 aromatic heterocycles. The predicted molar refractivity (Wildman–Crippen MR) is 70.0 cm³/mol. The molecule has 1 aliphatic rings. The van der Waals surface area contributed by atoms with Crippen molar-refractivity contribution in [1.82, 2.24) is 0 Å². The van der Waals surface area contributed by atoms with Gasteiger partial charge in [-0.25, -0.2) is 0 Å². The highest BCUT2D eigenvalue weighted by molar-refractivity contribution is 5.94. The highest BCUT2D eigenvalue weighted by Gasteiger charge is 2.23. The second-order valence-corrected chi connectivity index (χ2v) is 4.59.